The fraction of sp³-hybridized carbons (Fsp3) is 0.286. The van der Waals surface area contributed by atoms with E-state index in [1.54, 1.807) is 24.3 Å². The third kappa shape index (κ3) is 4.81. The van der Waals surface area contributed by atoms with Gasteiger partial charge in [-0.05, 0) is 19.2 Å². The van der Waals surface area contributed by atoms with E-state index in [1.165, 1.54) is 0 Å². The first-order valence-corrected chi connectivity index (χ1v) is 5.62. The quantitative estimate of drug-likeness (QED) is 0.606. The molecule has 0 amide bonds. The Morgan fingerprint density at radius 3 is 2.44 bits per heavy atom. The van der Waals surface area contributed by atoms with E-state index in [0.29, 0.717) is 12.1 Å². The molecule has 0 aliphatic heterocycles. The Hall–Kier alpha value is -2.12. The largest absolute Gasteiger partial charge is 0.481 e. The second-order valence-corrected chi connectivity index (χ2v) is 3.73. The summed E-state index contributed by atoms with van der Waals surface area (Å²) in [7, 11) is 1.82. The summed E-state index contributed by atoms with van der Waals surface area (Å²) < 4.78 is 0. The Balaban J connectivity index is 2.63. The second kappa shape index (κ2) is 7.25. The second-order valence-electron chi connectivity index (χ2n) is 3.73. The molecule has 1 aromatic rings. The van der Waals surface area contributed by atoms with Gasteiger partial charge in [0.25, 0.3) is 0 Å². The standard InChI is InChI=1S/C14H15NO3/c1-15-10-2-3-11-4-6-12(7-5-11)13(16)8-9-14(17)18/h4-7,15H,8-10H2,1H3,(H,17,18). The Morgan fingerprint density at radius 2 is 1.89 bits per heavy atom. The van der Waals surface area contributed by atoms with E-state index in [2.05, 4.69) is 17.2 Å². The molecule has 4 heteroatoms. The van der Waals surface area contributed by atoms with Crippen LogP contribution in [0.4, 0.5) is 0 Å². The molecule has 0 bridgehead atoms. The highest BCUT2D eigenvalue weighted by Crippen LogP contribution is 2.07. The smallest absolute Gasteiger partial charge is 0.303 e. The van der Waals surface area contributed by atoms with Crippen molar-refractivity contribution in [2.45, 2.75) is 12.8 Å². The minimum absolute atomic E-state index is 0.0279. The van der Waals surface area contributed by atoms with Gasteiger partial charge in [-0.15, -0.1) is 0 Å². The van der Waals surface area contributed by atoms with Crippen LogP contribution in [0.3, 0.4) is 0 Å². The molecule has 0 atom stereocenters. The van der Waals surface area contributed by atoms with Crippen LogP contribution in [-0.2, 0) is 4.79 Å². The van der Waals surface area contributed by atoms with E-state index in [0.717, 1.165) is 5.56 Å². The van der Waals surface area contributed by atoms with E-state index in [9.17, 15) is 9.59 Å². The molecular formula is C14H15NO3. The summed E-state index contributed by atoms with van der Waals surface area (Å²) in [5.41, 5.74) is 1.36. The zero-order valence-corrected chi connectivity index (χ0v) is 10.2. The molecule has 0 heterocycles. The molecule has 1 rings (SSSR count). The highest BCUT2D eigenvalue weighted by molar-refractivity contribution is 5.97. The number of carboxylic acid groups (broad SMARTS) is 1. The van der Waals surface area contributed by atoms with Gasteiger partial charge in [-0.2, -0.15) is 0 Å². The highest BCUT2D eigenvalue weighted by Gasteiger charge is 2.07. The number of carbonyl (C=O) groups excluding carboxylic acids is 1. The van der Waals surface area contributed by atoms with Gasteiger partial charge in [0.05, 0.1) is 13.0 Å². The summed E-state index contributed by atoms with van der Waals surface area (Å²) in [6, 6.07) is 6.87. The maximum absolute atomic E-state index is 11.6. The van der Waals surface area contributed by atoms with Crippen LogP contribution in [0.1, 0.15) is 28.8 Å². The number of aliphatic carboxylic acids is 1. The van der Waals surface area contributed by atoms with Crippen LogP contribution >= 0.6 is 0 Å². The van der Waals surface area contributed by atoms with E-state index in [-0.39, 0.29) is 18.6 Å². The number of Topliss-reactive ketones (excluding diaryl/α,β-unsaturated/α-hetero) is 1. The van der Waals surface area contributed by atoms with Crippen molar-refractivity contribution in [2.24, 2.45) is 0 Å². The monoisotopic (exact) mass is 245 g/mol. The third-order valence-electron chi connectivity index (χ3n) is 2.27. The minimum Gasteiger partial charge on any atom is -0.481 e. The molecule has 0 fully saturated rings. The topological polar surface area (TPSA) is 66.4 Å². The Kier molecular flexibility index (Phi) is 5.62. The lowest BCUT2D eigenvalue weighted by Crippen LogP contribution is -2.04. The molecule has 0 aliphatic rings. The number of ketones is 1. The fourth-order valence-electron chi connectivity index (χ4n) is 1.34. The summed E-state index contributed by atoms with van der Waals surface area (Å²) in [4.78, 5) is 22.0. The number of hydrogen-bond donors (Lipinski definition) is 2. The maximum Gasteiger partial charge on any atom is 0.303 e. The van der Waals surface area contributed by atoms with Crippen LogP contribution < -0.4 is 5.32 Å². The van der Waals surface area contributed by atoms with Crippen LogP contribution in [0.15, 0.2) is 24.3 Å². The van der Waals surface area contributed by atoms with Crippen molar-refractivity contribution in [3.8, 4) is 11.8 Å². The molecule has 0 spiro atoms. The number of carbonyl (C=O) groups is 2. The predicted molar refractivity (Wildman–Crippen MR) is 68.4 cm³/mol. The van der Waals surface area contributed by atoms with Crippen LogP contribution in [0.25, 0.3) is 0 Å². The Labute approximate surface area is 106 Å². The van der Waals surface area contributed by atoms with Gasteiger partial charge >= 0.3 is 5.97 Å². The van der Waals surface area contributed by atoms with Gasteiger partial charge in [-0.1, -0.05) is 24.0 Å². The lowest BCUT2D eigenvalue weighted by atomic mass is 10.0. The molecule has 0 unspecified atom stereocenters. The first kappa shape index (κ1) is 13.9. The summed E-state index contributed by atoms with van der Waals surface area (Å²) in [5.74, 6) is 4.74. The summed E-state index contributed by atoms with van der Waals surface area (Å²) in [6.07, 6.45) is -0.108. The lowest BCUT2D eigenvalue weighted by Gasteiger charge is -1.99. The summed E-state index contributed by atoms with van der Waals surface area (Å²) in [6.45, 7) is 0.610. The average Bonchev–Trinajstić information content (AvgIpc) is 2.37. The van der Waals surface area contributed by atoms with E-state index >= 15 is 0 Å². The van der Waals surface area contributed by atoms with Gasteiger partial charge in [0, 0.05) is 17.5 Å². The summed E-state index contributed by atoms with van der Waals surface area (Å²) >= 11 is 0. The average molecular weight is 245 g/mol. The molecule has 1 aromatic carbocycles. The van der Waals surface area contributed by atoms with Gasteiger partial charge in [0.2, 0.25) is 0 Å². The van der Waals surface area contributed by atoms with Crippen molar-refractivity contribution in [3.63, 3.8) is 0 Å². The molecule has 0 aliphatic carbocycles. The summed E-state index contributed by atoms with van der Waals surface area (Å²) in [5, 5.41) is 11.4. The van der Waals surface area contributed by atoms with Crippen molar-refractivity contribution in [1.29, 1.82) is 0 Å². The maximum atomic E-state index is 11.6. The lowest BCUT2D eigenvalue weighted by molar-refractivity contribution is -0.136. The van der Waals surface area contributed by atoms with E-state index in [1.807, 2.05) is 7.05 Å². The van der Waals surface area contributed by atoms with Crippen molar-refractivity contribution < 1.29 is 14.7 Å². The molecule has 0 radical (unpaired) electrons. The molecular weight excluding hydrogens is 230 g/mol. The number of nitrogens with one attached hydrogen (secondary N) is 1. The first-order valence-electron chi connectivity index (χ1n) is 5.62. The predicted octanol–water partition coefficient (Wildman–Crippen LogP) is 1.31. The molecule has 4 nitrogen and oxygen atoms in total. The Morgan fingerprint density at radius 1 is 1.22 bits per heavy atom. The Bertz CT molecular complexity index is 480. The van der Waals surface area contributed by atoms with Gasteiger partial charge in [0.1, 0.15) is 0 Å². The number of carboxylic acids is 1. The third-order valence-corrected chi connectivity index (χ3v) is 2.27. The molecule has 0 saturated carbocycles. The van der Waals surface area contributed by atoms with Crippen LogP contribution in [0, 0.1) is 11.8 Å². The number of hydrogen-bond acceptors (Lipinski definition) is 3. The molecule has 2 N–H and O–H groups in total. The zero-order valence-electron chi connectivity index (χ0n) is 10.2. The molecule has 18 heavy (non-hydrogen) atoms. The minimum atomic E-state index is -0.960. The van der Waals surface area contributed by atoms with Gasteiger partial charge in [-0.25, -0.2) is 0 Å². The van der Waals surface area contributed by atoms with E-state index in [4.69, 9.17) is 5.11 Å². The van der Waals surface area contributed by atoms with Crippen molar-refractivity contribution in [1.82, 2.24) is 5.32 Å². The van der Waals surface area contributed by atoms with Gasteiger partial charge in [0.15, 0.2) is 5.78 Å². The van der Waals surface area contributed by atoms with Crippen molar-refractivity contribution >= 4 is 11.8 Å². The van der Waals surface area contributed by atoms with Crippen molar-refractivity contribution in [2.75, 3.05) is 13.6 Å². The van der Waals surface area contributed by atoms with Crippen LogP contribution in [-0.4, -0.2) is 30.5 Å². The number of rotatable bonds is 5. The molecule has 94 valence electrons. The van der Waals surface area contributed by atoms with Crippen LogP contribution in [0.5, 0.6) is 0 Å². The van der Waals surface area contributed by atoms with Crippen molar-refractivity contribution in [3.05, 3.63) is 35.4 Å². The fourth-order valence-corrected chi connectivity index (χ4v) is 1.34. The van der Waals surface area contributed by atoms with Crippen LogP contribution in [0.2, 0.25) is 0 Å². The van der Waals surface area contributed by atoms with E-state index < -0.39 is 5.97 Å². The normalized spacial score (nSPS) is 9.39. The number of benzene rings is 1. The molecule has 0 aromatic heterocycles. The first-order chi connectivity index (χ1) is 8.63. The SMILES string of the molecule is CNCC#Cc1ccc(C(=O)CCC(=O)O)cc1. The van der Waals surface area contributed by atoms with Gasteiger partial charge < -0.3 is 10.4 Å². The highest BCUT2D eigenvalue weighted by atomic mass is 16.4. The van der Waals surface area contributed by atoms with Gasteiger partial charge in [-0.3, -0.25) is 9.59 Å². The zero-order chi connectivity index (χ0) is 13.4. The molecule has 0 saturated heterocycles.